The van der Waals surface area contributed by atoms with Gasteiger partial charge in [0, 0.05) is 16.9 Å². The molecule has 0 aliphatic carbocycles. The van der Waals surface area contributed by atoms with E-state index in [1.54, 1.807) is 13.8 Å². The Bertz CT molecular complexity index is 693. The Hall–Kier alpha value is -0.790. The quantitative estimate of drug-likeness (QED) is 0.585. The Kier molecular flexibility index (Phi) is 5.46. The first kappa shape index (κ1) is 17.3. The van der Waals surface area contributed by atoms with Gasteiger partial charge in [0.15, 0.2) is 0 Å². The summed E-state index contributed by atoms with van der Waals surface area (Å²) in [6.07, 6.45) is 1.55. The fourth-order valence-electron chi connectivity index (χ4n) is 1.69. The smallest absolute Gasteiger partial charge is 0.261 e. The Morgan fingerprint density at radius 3 is 2.20 bits per heavy atom. The lowest BCUT2D eigenvalue weighted by Gasteiger charge is -2.13. The average molecular weight is 341 g/mol. The van der Waals surface area contributed by atoms with Crippen molar-refractivity contribution in [2.24, 2.45) is 0 Å². The second kappa shape index (κ2) is 6.32. The van der Waals surface area contributed by atoms with Gasteiger partial charge in [-0.3, -0.25) is 0 Å². The lowest BCUT2D eigenvalue weighted by atomic mass is 10.1. The van der Waals surface area contributed by atoms with E-state index in [0.29, 0.717) is 23.3 Å². The van der Waals surface area contributed by atoms with Crippen molar-refractivity contribution in [2.45, 2.75) is 25.2 Å². The number of hydrogen-bond donors (Lipinski definition) is 0. The highest BCUT2D eigenvalue weighted by Crippen LogP contribution is 2.28. The molecule has 0 N–H and O–H groups in total. The summed E-state index contributed by atoms with van der Waals surface area (Å²) in [5, 5.41) is 0. The van der Waals surface area contributed by atoms with Gasteiger partial charge in [0.05, 0.1) is 17.3 Å². The van der Waals surface area contributed by atoms with Crippen LogP contribution in [0.15, 0.2) is 17.0 Å². The highest BCUT2D eigenvalue weighted by atomic mass is 35.7. The van der Waals surface area contributed by atoms with E-state index in [9.17, 15) is 16.8 Å². The largest absolute Gasteiger partial charge is 0.493 e. The first-order valence-corrected chi connectivity index (χ1v) is 10.2. The van der Waals surface area contributed by atoms with Crippen LogP contribution in [0.2, 0.25) is 0 Å². The summed E-state index contributed by atoms with van der Waals surface area (Å²) in [5.41, 5.74) is 1.20. The summed E-state index contributed by atoms with van der Waals surface area (Å²) in [4.78, 5) is 0.0557. The van der Waals surface area contributed by atoms with Crippen LogP contribution in [0.25, 0.3) is 0 Å². The van der Waals surface area contributed by atoms with E-state index in [1.807, 2.05) is 0 Å². The molecular weight excluding hydrogens is 324 g/mol. The lowest BCUT2D eigenvalue weighted by Crippen LogP contribution is -2.09. The molecule has 0 heterocycles. The average Bonchev–Trinajstić information content (AvgIpc) is 2.26. The molecule has 1 aromatic carbocycles. The number of halogens is 1. The zero-order chi connectivity index (χ0) is 15.6. The molecule has 8 heteroatoms. The highest BCUT2D eigenvalue weighted by molar-refractivity contribution is 8.13. The molecular formula is C12H17ClO5S2. The van der Waals surface area contributed by atoms with Crippen LogP contribution in [0.3, 0.4) is 0 Å². The topological polar surface area (TPSA) is 77.5 Å². The molecule has 0 amide bonds. The van der Waals surface area contributed by atoms with E-state index >= 15 is 0 Å². The van der Waals surface area contributed by atoms with Crippen molar-refractivity contribution in [3.8, 4) is 5.75 Å². The van der Waals surface area contributed by atoms with Crippen LogP contribution in [0, 0.1) is 13.8 Å². The van der Waals surface area contributed by atoms with Gasteiger partial charge >= 0.3 is 0 Å². The normalized spacial score (nSPS) is 12.4. The molecule has 0 spiro atoms. The maximum absolute atomic E-state index is 11.3. The second-order valence-corrected chi connectivity index (χ2v) is 9.38. The third-order valence-electron chi connectivity index (χ3n) is 2.87. The molecule has 0 aliphatic heterocycles. The lowest BCUT2D eigenvalue weighted by molar-refractivity contribution is 0.315. The molecule has 20 heavy (non-hydrogen) atoms. The van der Waals surface area contributed by atoms with Crippen LogP contribution in [-0.4, -0.2) is 35.5 Å². The van der Waals surface area contributed by atoms with E-state index in [0.717, 1.165) is 0 Å². The molecule has 114 valence electrons. The molecule has 0 unspecified atom stereocenters. The Morgan fingerprint density at radius 1 is 1.10 bits per heavy atom. The molecule has 1 rings (SSSR count). The van der Waals surface area contributed by atoms with Gasteiger partial charge in [0.2, 0.25) is 0 Å². The summed E-state index contributed by atoms with van der Waals surface area (Å²) in [7, 11) is -1.45. The molecule has 0 fully saturated rings. The Balaban J connectivity index is 2.82. The third-order valence-corrected chi connectivity index (χ3v) is 5.36. The van der Waals surface area contributed by atoms with E-state index in [4.69, 9.17) is 15.4 Å². The SMILES string of the molecule is Cc1c(OCCCS(C)(=O)=O)ccc(S(=O)(=O)Cl)c1C. The molecule has 0 saturated heterocycles. The second-order valence-electron chi connectivity index (χ2n) is 4.58. The van der Waals surface area contributed by atoms with Gasteiger partial charge in [0.25, 0.3) is 9.05 Å². The van der Waals surface area contributed by atoms with Crippen LogP contribution in [0.1, 0.15) is 17.5 Å². The van der Waals surface area contributed by atoms with E-state index in [-0.39, 0.29) is 17.3 Å². The van der Waals surface area contributed by atoms with Crippen molar-refractivity contribution in [3.05, 3.63) is 23.3 Å². The molecule has 5 nitrogen and oxygen atoms in total. The van der Waals surface area contributed by atoms with Crippen molar-refractivity contribution in [2.75, 3.05) is 18.6 Å². The Labute approximate surface area is 124 Å². The van der Waals surface area contributed by atoms with Crippen molar-refractivity contribution in [1.82, 2.24) is 0 Å². The monoisotopic (exact) mass is 340 g/mol. The van der Waals surface area contributed by atoms with E-state index < -0.39 is 18.9 Å². The minimum atomic E-state index is -3.78. The zero-order valence-electron chi connectivity index (χ0n) is 11.5. The summed E-state index contributed by atoms with van der Waals surface area (Å²) in [6, 6.07) is 2.91. The number of sulfone groups is 1. The van der Waals surface area contributed by atoms with Crippen LogP contribution in [0.4, 0.5) is 0 Å². The molecule has 1 aromatic rings. The van der Waals surface area contributed by atoms with Crippen molar-refractivity contribution in [3.63, 3.8) is 0 Å². The number of rotatable bonds is 6. The van der Waals surface area contributed by atoms with Gasteiger partial charge < -0.3 is 4.74 Å². The highest BCUT2D eigenvalue weighted by Gasteiger charge is 2.17. The molecule has 0 saturated carbocycles. The van der Waals surface area contributed by atoms with Crippen LogP contribution in [0.5, 0.6) is 5.75 Å². The molecule has 0 aliphatic rings. The van der Waals surface area contributed by atoms with Crippen molar-refractivity contribution in [1.29, 1.82) is 0 Å². The molecule has 0 aromatic heterocycles. The third kappa shape index (κ3) is 4.96. The predicted octanol–water partition coefficient (Wildman–Crippen LogP) is 2.04. The number of hydrogen-bond acceptors (Lipinski definition) is 5. The van der Waals surface area contributed by atoms with Gasteiger partial charge in [-0.1, -0.05) is 0 Å². The summed E-state index contributed by atoms with van der Waals surface area (Å²) < 4.78 is 50.1. The minimum absolute atomic E-state index is 0.0547. The number of benzene rings is 1. The number of ether oxygens (including phenoxy) is 1. The summed E-state index contributed by atoms with van der Waals surface area (Å²) in [5.74, 6) is 0.583. The first-order chi connectivity index (χ1) is 9.02. The van der Waals surface area contributed by atoms with E-state index in [1.165, 1.54) is 18.4 Å². The zero-order valence-corrected chi connectivity index (χ0v) is 13.9. The molecule has 0 atom stereocenters. The summed E-state index contributed by atoms with van der Waals surface area (Å²) in [6.45, 7) is 3.63. The maximum atomic E-state index is 11.3. The maximum Gasteiger partial charge on any atom is 0.261 e. The van der Waals surface area contributed by atoms with Crippen molar-refractivity contribution < 1.29 is 21.6 Å². The van der Waals surface area contributed by atoms with Crippen molar-refractivity contribution >= 4 is 29.6 Å². The minimum Gasteiger partial charge on any atom is -0.493 e. The van der Waals surface area contributed by atoms with Crippen LogP contribution < -0.4 is 4.74 Å². The fourth-order valence-corrected chi connectivity index (χ4v) is 3.59. The summed E-state index contributed by atoms with van der Waals surface area (Å²) >= 11 is 0. The van der Waals surface area contributed by atoms with Gasteiger partial charge in [0.1, 0.15) is 15.6 Å². The molecule has 0 radical (unpaired) electrons. The van der Waals surface area contributed by atoms with Crippen LogP contribution in [-0.2, 0) is 18.9 Å². The Morgan fingerprint density at radius 2 is 1.70 bits per heavy atom. The van der Waals surface area contributed by atoms with E-state index in [2.05, 4.69) is 0 Å². The molecule has 0 bridgehead atoms. The fraction of sp³-hybridized carbons (Fsp3) is 0.500. The van der Waals surface area contributed by atoms with Gasteiger partial charge in [-0.15, -0.1) is 0 Å². The standard InChI is InChI=1S/C12H17ClO5S2/c1-9-10(2)12(20(13,16)17)6-5-11(9)18-7-4-8-19(3,14)15/h5-6H,4,7-8H2,1-3H3. The first-order valence-electron chi connectivity index (χ1n) is 5.88. The van der Waals surface area contributed by atoms with Gasteiger partial charge in [-0.2, -0.15) is 0 Å². The van der Waals surface area contributed by atoms with Crippen LogP contribution >= 0.6 is 10.7 Å². The predicted molar refractivity (Wildman–Crippen MR) is 78.8 cm³/mol. The van der Waals surface area contributed by atoms with Gasteiger partial charge in [-0.05, 0) is 43.5 Å². The van der Waals surface area contributed by atoms with Gasteiger partial charge in [-0.25, -0.2) is 16.8 Å².